The van der Waals surface area contributed by atoms with Gasteiger partial charge in [0.15, 0.2) is 0 Å². The van der Waals surface area contributed by atoms with E-state index in [1.807, 2.05) is 34.1 Å². The zero-order chi connectivity index (χ0) is 13.5. The second-order valence-corrected chi connectivity index (χ2v) is 4.49. The van der Waals surface area contributed by atoms with Crippen LogP contribution in [-0.4, -0.2) is 61.5 Å². The molecule has 0 radical (unpaired) electrons. The Morgan fingerprint density at radius 1 is 1.28 bits per heavy atom. The molecule has 18 heavy (non-hydrogen) atoms. The molecule has 1 N–H and O–H groups in total. The molecule has 1 aromatic heterocycles. The largest absolute Gasteiger partial charge is 0.370 e. The minimum absolute atomic E-state index is 0.00685. The number of rotatable bonds is 6. The van der Waals surface area contributed by atoms with E-state index in [0.717, 1.165) is 18.9 Å². The summed E-state index contributed by atoms with van der Waals surface area (Å²) < 4.78 is 0. The van der Waals surface area contributed by atoms with Crippen LogP contribution in [0.2, 0.25) is 0 Å². The highest BCUT2D eigenvalue weighted by molar-refractivity contribution is 5.93. The highest BCUT2D eigenvalue weighted by Crippen LogP contribution is 2.07. The number of nitrogens with one attached hydrogen (secondary N) is 1. The molecule has 0 saturated heterocycles. The number of nitrogens with zero attached hydrogens (tertiary/aromatic N) is 3. The van der Waals surface area contributed by atoms with Gasteiger partial charge in [0.2, 0.25) is 0 Å². The van der Waals surface area contributed by atoms with Crippen LogP contribution in [0.15, 0.2) is 18.3 Å². The van der Waals surface area contributed by atoms with Crippen molar-refractivity contribution in [2.45, 2.75) is 6.92 Å². The Morgan fingerprint density at radius 2 is 2.00 bits per heavy atom. The average Bonchev–Trinajstić information content (AvgIpc) is 2.36. The fraction of sp³-hybridized carbons (Fsp3) is 0.538. The van der Waals surface area contributed by atoms with Crippen LogP contribution in [0.1, 0.15) is 17.3 Å². The first-order chi connectivity index (χ1) is 8.54. The molecule has 0 bridgehead atoms. The third-order valence-corrected chi connectivity index (χ3v) is 2.60. The molecule has 0 aromatic carbocycles. The van der Waals surface area contributed by atoms with Crippen molar-refractivity contribution in [3.05, 3.63) is 23.9 Å². The zero-order valence-corrected chi connectivity index (χ0v) is 11.6. The number of amides is 1. The third-order valence-electron chi connectivity index (χ3n) is 2.60. The Bertz CT molecular complexity index is 375. The molecule has 1 rings (SSSR count). The van der Waals surface area contributed by atoms with Crippen molar-refractivity contribution >= 4 is 11.7 Å². The summed E-state index contributed by atoms with van der Waals surface area (Å²) in [7, 11) is 5.79. The van der Waals surface area contributed by atoms with E-state index in [-0.39, 0.29) is 5.91 Å². The summed E-state index contributed by atoms with van der Waals surface area (Å²) in [5, 5.41) is 3.10. The molecule has 0 unspecified atom stereocenters. The van der Waals surface area contributed by atoms with Crippen molar-refractivity contribution in [1.29, 1.82) is 0 Å². The second kappa shape index (κ2) is 6.96. The van der Waals surface area contributed by atoms with Gasteiger partial charge in [-0.15, -0.1) is 0 Å². The lowest BCUT2D eigenvalue weighted by molar-refractivity contribution is 0.0786. The van der Waals surface area contributed by atoms with Gasteiger partial charge in [0.05, 0.1) is 5.56 Å². The van der Waals surface area contributed by atoms with E-state index in [9.17, 15) is 4.79 Å². The van der Waals surface area contributed by atoms with Crippen LogP contribution in [0, 0.1) is 0 Å². The minimum Gasteiger partial charge on any atom is -0.370 e. The van der Waals surface area contributed by atoms with E-state index in [4.69, 9.17) is 0 Å². The lowest BCUT2D eigenvalue weighted by Crippen LogP contribution is -2.33. The maximum atomic E-state index is 12.1. The predicted octanol–water partition coefficient (Wildman–Crippen LogP) is 1.15. The molecule has 0 aliphatic rings. The van der Waals surface area contributed by atoms with Crippen molar-refractivity contribution in [2.75, 3.05) is 46.1 Å². The minimum atomic E-state index is 0.00685. The molecule has 5 nitrogen and oxygen atoms in total. The summed E-state index contributed by atoms with van der Waals surface area (Å²) in [5.41, 5.74) is 0.623. The van der Waals surface area contributed by atoms with Crippen molar-refractivity contribution < 1.29 is 4.79 Å². The maximum Gasteiger partial charge on any atom is 0.255 e. The van der Waals surface area contributed by atoms with Gasteiger partial charge in [0.25, 0.3) is 5.91 Å². The molecule has 0 aliphatic heterocycles. The summed E-state index contributed by atoms with van der Waals surface area (Å²) in [6, 6.07) is 3.63. The average molecular weight is 250 g/mol. The van der Waals surface area contributed by atoms with Gasteiger partial charge in [-0.05, 0) is 33.2 Å². The summed E-state index contributed by atoms with van der Waals surface area (Å²) >= 11 is 0. The topological polar surface area (TPSA) is 48.5 Å². The van der Waals surface area contributed by atoms with Crippen LogP contribution < -0.4 is 5.32 Å². The van der Waals surface area contributed by atoms with Crippen LogP contribution in [0.5, 0.6) is 0 Å². The number of pyridine rings is 1. The van der Waals surface area contributed by atoms with Gasteiger partial charge >= 0.3 is 0 Å². The summed E-state index contributed by atoms with van der Waals surface area (Å²) in [6.45, 7) is 4.39. The van der Waals surface area contributed by atoms with Gasteiger partial charge in [0.1, 0.15) is 5.82 Å². The van der Waals surface area contributed by atoms with Crippen LogP contribution in [-0.2, 0) is 0 Å². The fourth-order valence-electron chi connectivity index (χ4n) is 1.48. The second-order valence-electron chi connectivity index (χ2n) is 4.49. The summed E-state index contributed by atoms with van der Waals surface area (Å²) in [6.07, 6.45) is 1.62. The molecule has 1 aromatic rings. The lowest BCUT2D eigenvalue weighted by atomic mass is 10.2. The van der Waals surface area contributed by atoms with Crippen molar-refractivity contribution in [3.63, 3.8) is 0 Å². The number of anilines is 1. The first-order valence-corrected chi connectivity index (χ1v) is 6.14. The molecular formula is C13H22N4O. The molecule has 5 heteroatoms. The first kappa shape index (κ1) is 14.4. The Hall–Kier alpha value is -1.62. The lowest BCUT2D eigenvalue weighted by Gasteiger charge is -2.19. The normalized spacial score (nSPS) is 10.5. The first-order valence-electron chi connectivity index (χ1n) is 6.14. The van der Waals surface area contributed by atoms with Gasteiger partial charge < -0.3 is 15.1 Å². The SMILES string of the molecule is CCNc1ccc(C(=O)N(C)CCN(C)C)cn1. The molecule has 0 aliphatic carbocycles. The van der Waals surface area contributed by atoms with Gasteiger partial charge in [0, 0.05) is 32.9 Å². The van der Waals surface area contributed by atoms with E-state index >= 15 is 0 Å². The van der Waals surface area contributed by atoms with Gasteiger partial charge in [-0.1, -0.05) is 0 Å². The van der Waals surface area contributed by atoms with E-state index in [0.29, 0.717) is 12.1 Å². The van der Waals surface area contributed by atoms with Crippen molar-refractivity contribution in [3.8, 4) is 0 Å². The summed E-state index contributed by atoms with van der Waals surface area (Å²) in [5.74, 6) is 0.803. The number of carbonyl (C=O) groups is 1. The van der Waals surface area contributed by atoms with Crippen LogP contribution in [0.4, 0.5) is 5.82 Å². The van der Waals surface area contributed by atoms with E-state index in [1.54, 1.807) is 17.2 Å². The van der Waals surface area contributed by atoms with Crippen molar-refractivity contribution in [1.82, 2.24) is 14.8 Å². The number of carbonyl (C=O) groups excluding carboxylic acids is 1. The number of aromatic nitrogens is 1. The van der Waals surface area contributed by atoms with Crippen LogP contribution in [0.25, 0.3) is 0 Å². The Balaban J connectivity index is 2.60. The van der Waals surface area contributed by atoms with E-state index in [1.165, 1.54) is 0 Å². The molecule has 100 valence electrons. The molecule has 0 atom stereocenters. The third kappa shape index (κ3) is 4.33. The van der Waals surface area contributed by atoms with E-state index < -0.39 is 0 Å². The fourth-order valence-corrected chi connectivity index (χ4v) is 1.48. The van der Waals surface area contributed by atoms with Crippen LogP contribution in [0.3, 0.4) is 0 Å². The Kier molecular flexibility index (Phi) is 5.58. The summed E-state index contributed by atoms with van der Waals surface area (Å²) in [4.78, 5) is 20.0. The quantitative estimate of drug-likeness (QED) is 0.822. The highest BCUT2D eigenvalue weighted by Gasteiger charge is 2.11. The standard InChI is InChI=1S/C13H22N4O/c1-5-14-12-7-6-11(10-15-12)13(18)17(4)9-8-16(2)3/h6-7,10H,5,8-9H2,1-4H3,(H,14,15). The predicted molar refractivity (Wildman–Crippen MR) is 73.9 cm³/mol. The van der Waals surface area contributed by atoms with Crippen LogP contribution >= 0.6 is 0 Å². The molecule has 1 amide bonds. The smallest absolute Gasteiger partial charge is 0.255 e. The number of hydrogen-bond donors (Lipinski definition) is 1. The highest BCUT2D eigenvalue weighted by atomic mass is 16.2. The Labute approximate surface area is 109 Å². The van der Waals surface area contributed by atoms with Gasteiger partial charge in [-0.2, -0.15) is 0 Å². The van der Waals surface area contributed by atoms with Gasteiger partial charge in [-0.25, -0.2) is 4.98 Å². The molecule has 0 saturated carbocycles. The maximum absolute atomic E-state index is 12.1. The number of hydrogen-bond acceptors (Lipinski definition) is 4. The zero-order valence-electron chi connectivity index (χ0n) is 11.6. The van der Waals surface area contributed by atoms with Crippen molar-refractivity contribution in [2.24, 2.45) is 0 Å². The number of likely N-dealkylation sites (N-methyl/N-ethyl adjacent to an activating group) is 2. The van der Waals surface area contributed by atoms with E-state index in [2.05, 4.69) is 15.2 Å². The molecule has 1 heterocycles. The van der Waals surface area contributed by atoms with Gasteiger partial charge in [-0.3, -0.25) is 4.79 Å². The Morgan fingerprint density at radius 3 is 2.50 bits per heavy atom. The molecule has 0 spiro atoms. The monoisotopic (exact) mass is 250 g/mol. The molecule has 0 fully saturated rings. The molecular weight excluding hydrogens is 228 g/mol.